The van der Waals surface area contributed by atoms with Gasteiger partial charge in [0.25, 0.3) is 0 Å². The minimum atomic E-state index is 0.821. The van der Waals surface area contributed by atoms with Gasteiger partial charge in [-0.05, 0) is 23.4 Å². The van der Waals surface area contributed by atoms with E-state index in [2.05, 4.69) is 27.0 Å². The number of hydrogen-bond donors (Lipinski definition) is 0. The van der Waals surface area contributed by atoms with Crippen LogP contribution in [0.1, 0.15) is 0 Å². The van der Waals surface area contributed by atoms with Crippen LogP contribution in [0.4, 0.5) is 11.5 Å². The number of hydrogen-bond acceptors (Lipinski definition) is 6. The zero-order valence-corrected chi connectivity index (χ0v) is 9.42. The van der Waals surface area contributed by atoms with E-state index in [0.29, 0.717) is 0 Å². The first kappa shape index (κ1) is 9.00. The highest BCUT2D eigenvalue weighted by molar-refractivity contribution is 7.99. The van der Waals surface area contributed by atoms with E-state index in [-0.39, 0.29) is 0 Å². The minimum absolute atomic E-state index is 0.821. The number of para-hydroxylation sites is 1. The topological polar surface area (TPSA) is 44.1 Å². The monoisotopic (exact) mass is 240 g/mol. The molecule has 0 fully saturated rings. The molecule has 3 heterocycles. The molecule has 17 heavy (non-hydrogen) atoms. The first-order valence-corrected chi connectivity index (χ1v) is 5.83. The van der Waals surface area contributed by atoms with Crippen molar-refractivity contribution in [3.63, 3.8) is 0 Å². The second kappa shape index (κ2) is 3.21. The molecule has 0 N–H and O–H groups in total. The number of fused-ring (bicyclic) bond motifs is 6. The fraction of sp³-hybridized carbons (Fsp3) is 0. The Balaban J connectivity index is 2.06. The molecule has 0 spiro atoms. The fourth-order valence-corrected chi connectivity index (χ4v) is 2.59. The number of benzene rings is 1. The predicted octanol–water partition coefficient (Wildman–Crippen LogP) is 3.03. The van der Waals surface area contributed by atoms with Crippen LogP contribution >= 0.6 is 12.1 Å². The van der Waals surface area contributed by atoms with Crippen LogP contribution in [-0.4, -0.2) is 4.98 Å². The minimum Gasteiger partial charge on any atom is -0.226 e. The molecule has 0 amide bonds. The summed E-state index contributed by atoms with van der Waals surface area (Å²) in [7, 11) is 0. The van der Waals surface area contributed by atoms with Crippen LogP contribution in [0.2, 0.25) is 0 Å². The van der Waals surface area contributed by atoms with Gasteiger partial charge in [-0.15, -0.1) is 5.12 Å². The number of nitrogens with zero attached hydrogens (tertiary/aromatic N) is 5. The molecule has 0 atom stereocenters. The zero-order valence-electron chi connectivity index (χ0n) is 8.61. The van der Waals surface area contributed by atoms with Crippen LogP contribution in [0.3, 0.4) is 0 Å². The second-order valence-corrected chi connectivity index (χ2v) is 4.32. The molecule has 4 rings (SSSR count). The van der Waals surface area contributed by atoms with Crippen LogP contribution < -0.4 is 9.53 Å². The number of rotatable bonds is 0. The summed E-state index contributed by atoms with van der Waals surface area (Å²) in [5.41, 5.74) is 3.21. The fourth-order valence-electron chi connectivity index (χ4n) is 2.02. The number of pyridine rings is 1. The summed E-state index contributed by atoms with van der Waals surface area (Å²) in [5, 5.41) is 5.84. The molecule has 5 nitrogen and oxygen atoms in total. The average molecular weight is 240 g/mol. The average Bonchev–Trinajstić information content (AvgIpc) is 2.89. The highest BCUT2D eigenvalue weighted by Gasteiger charge is 2.33. The lowest BCUT2D eigenvalue weighted by atomic mass is 10.0. The van der Waals surface area contributed by atoms with Crippen LogP contribution in [0.25, 0.3) is 11.1 Å². The molecular weight excluding hydrogens is 234 g/mol. The Morgan fingerprint density at radius 3 is 3.06 bits per heavy atom. The van der Waals surface area contributed by atoms with Crippen molar-refractivity contribution in [2.24, 2.45) is 9.74 Å². The van der Waals surface area contributed by atoms with Gasteiger partial charge < -0.3 is 0 Å². The first-order chi connectivity index (χ1) is 8.45. The Bertz CT molecular complexity index is 627. The number of anilines is 2. The van der Waals surface area contributed by atoms with E-state index in [0.717, 1.165) is 22.6 Å². The standard InChI is InChI=1S/C11H6N5S/c1-2-6-10-8(4-1)9-5-3-7-12-11(9)16-15(10)13-14-17-16/h1-6H. The molecular formula is C11H6N5S. The Morgan fingerprint density at radius 1 is 1.12 bits per heavy atom. The van der Waals surface area contributed by atoms with Gasteiger partial charge in [0.1, 0.15) is 12.1 Å². The van der Waals surface area contributed by atoms with Crippen molar-refractivity contribution in [3.8, 4) is 11.1 Å². The van der Waals surface area contributed by atoms with E-state index in [9.17, 15) is 0 Å². The molecule has 6 heteroatoms. The van der Waals surface area contributed by atoms with Crippen LogP contribution in [-0.2, 0) is 0 Å². The van der Waals surface area contributed by atoms with E-state index in [4.69, 9.17) is 0 Å². The molecule has 0 saturated heterocycles. The van der Waals surface area contributed by atoms with Crippen LogP contribution in [0.5, 0.6) is 0 Å². The predicted molar refractivity (Wildman–Crippen MR) is 65.9 cm³/mol. The van der Waals surface area contributed by atoms with Crippen molar-refractivity contribution in [1.82, 2.24) is 4.98 Å². The molecule has 0 aliphatic carbocycles. The Hall–Kier alpha value is -2.08. The van der Waals surface area contributed by atoms with Gasteiger partial charge in [0, 0.05) is 11.1 Å². The van der Waals surface area contributed by atoms with Crippen molar-refractivity contribution < 1.29 is 0 Å². The molecule has 1 aromatic heterocycles. The zero-order chi connectivity index (χ0) is 11.2. The van der Waals surface area contributed by atoms with Crippen molar-refractivity contribution >= 4 is 23.6 Å². The molecule has 1 radical (unpaired) electrons. The summed E-state index contributed by atoms with van der Waals surface area (Å²) in [6, 6.07) is 11.9. The third-order valence-corrected chi connectivity index (χ3v) is 3.36. The SMILES string of the molecule is [c]1ccc2c(n1)N1SN=NN1c1ccccc1-2. The normalized spacial score (nSPS) is 15.5. The van der Waals surface area contributed by atoms with Crippen LogP contribution in [0.15, 0.2) is 46.1 Å². The maximum atomic E-state index is 4.28. The molecule has 81 valence electrons. The van der Waals surface area contributed by atoms with E-state index < -0.39 is 0 Å². The lowest BCUT2D eigenvalue weighted by Gasteiger charge is -2.31. The number of aromatic nitrogens is 1. The Labute approximate surface area is 102 Å². The number of hydrazine groups is 1. The molecule has 1 aromatic carbocycles. The van der Waals surface area contributed by atoms with Gasteiger partial charge in [0.15, 0.2) is 5.82 Å². The lowest BCUT2D eigenvalue weighted by molar-refractivity contribution is 0.887. The summed E-state index contributed by atoms with van der Waals surface area (Å²) in [4.78, 5) is 4.28. The molecule has 0 bridgehead atoms. The Morgan fingerprint density at radius 2 is 2.06 bits per heavy atom. The van der Waals surface area contributed by atoms with Crippen LogP contribution in [0, 0.1) is 6.20 Å². The first-order valence-electron chi connectivity index (χ1n) is 5.10. The Kier molecular flexibility index (Phi) is 1.70. The molecule has 2 aromatic rings. The highest BCUT2D eigenvalue weighted by Crippen LogP contribution is 2.47. The quantitative estimate of drug-likeness (QED) is 0.664. The van der Waals surface area contributed by atoms with Crippen molar-refractivity contribution in [2.75, 3.05) is 9.53 Å². The van der Waals surface area contributed by atoms with E-state index >= 15 is 0 Å². The maximum Gasteiger partial charge on any atom is 0.171 e. The molecule has 2 aliphatic rings. The summed E-state index contributed by atoms with van der Waals surface area (Å²) in [5.74, 6) is 0.821. The van der Waals surface area contributed by atoms with Gasteiger partial charge in [0.05, 0.1) is 11.9 Å². The summed E-state index contributed by atoms with van der Waals surface area (Å²) >= 11 is 1.27. The second-order valence-electron chi connectivity index (χ2n) is 3.64. The van der Waals surface area contributed by atoms with Gasteiger partial charge in [-0.25, -0.2) is 4.98 Å². The van der Waals surface area contributed by atoms with Crippen molar-refractivity contribution in [2.45, 2.75) is 0 Å². The van der Waals surface area contributed by atoms with Crippen molar-refractivity contribution in [1.29, 1.82) is 0 Å². The smallest absolute Gasteiger partial charge is 0.171 e. The third kappa shape index (κ3) is 1.13. The summed E-state index contributed by atoms with van der Waals surface area (Å²) in [6.45, 7) is 0. The summed E-state index contributed by atoms with van der Waals surface area (Å²) in [6.07, 6.45) is 2.85. The van der Waals surface area contributed by atoms with Gasteiger partial charge in [-0.3, -0.25) is 0 Å². The largest absolute Gasteiger partial charge is 0.226 e. The molecule has 2 aliphatic heterocycles. The third-order valence-electron chi connectivity index (χ3n) is 2.73. The maximum absolute atomic E-state index is 4.28. The van der Waals surface area contributed by atoms with Gasteiger partial charge >= 0.3 is 0 Å². The molecule has 0 saturated carbocycles. The van der Waals surface area contributed by atoms with E-state index in [1.165, 1.54) is 12.1 Å². The summed E-state index contributed by atoms with van der Waals surface area (Å²) < 4.78 is 5.82. The van der Waals surface area contributed by atoms with Gasteiger partial charge in [0.2, 0.25) is 0 Å². The van der Waals surface area contributed by atoms with E-state index in [1.54, 1.807) is 5.12 Å². The molecule has 0 unspecified atom stereocenters. The lowest BCUT2D eigenvalue weighted by Crippen LogP contribution is -2.33. The van der Waals surface area contributed by atoms with Crippen molar-refractivity contribution in [3.05, 3.63) is 42.6 Å². The highest BCUT2D eigenvalue weighted by atomic mass is 32.2. The van der Waals surface area contributed by atoms with Gasteiger partial charge in [-0.2, -0.15) is 4.41 Å². The van der Waals surface area contributed by atoms with E-state index in [1.807, 2.05) is 34.7 Å². The van der Waals surface area contributed by atoms with Gasteiger partial charge in [-0.1, -0.05) is 22.7 Å².